The molecule has 1 aromatic rings. The molecule has 1 aromatic carbocycles. The van der Waals surface area contributed by atoms with E-state index in [4.69, 9.17) is 0 Å². The smallest absolute Gasteiger partial charge is 0.0788 e. The zero-order valence-corrected chi connectivity index (χ0v) is 11.1. The molecule has 0 saturated heterocycles. The summed E-state index contributed by atoms with van der Waals surface area (Å²) in [4.78, 5) is 0. The molecule has 0 aliphatic carbocycles. The van der Waals surface area contributed by atoms with Gasteiger partial charge in [0.05, 0.1) is 5.60 Å². The van der Waals surface area contributed by atoms with Crippen molar-refractivity contribution < 1.29 is 5.11 Å². The summed E-state index contributed by atoms with van der Waals surface area (Å²) >= 11 is 3.48. The first-order valence-electron chi connectivity index (χ1n) is 5.17. The number of halogens is 1. The average molecular weight is 272 g/mol. The van der Waals surface area contributed by atoms with E-state index in [9.17, 15) is 5.11 Å². The number of rotatable bonds is 4. The van der Waals surface area contributed by atoms with Crippen LogP contribution < -0.4 is 5.32 Å². The highest BCUT2D eigenvalue weighted by Gasteiger charge is 2.17. The molecule has 0 saturated carbocycles. The van der Waals surface area contributed by atoms with Crippen molar-refractivity contribution >= 4 is 21.6 Å². The third kappa shape index (κ3) is 3.50. The maximum absolute atomic E-state index is 9.87. The van der Waals surface area contributed by atoms with Crippen LogP contribution in [-0.2, 0) is 0 Å². The summed E-state index contributed by atoms with van der Waals surface area (Å²) in [6.07, 6.45) is 0.743. The second kappa shape index (κ2) is 4.99. The van der Waals surface area contributed by atoms with Gasteiger partial charge in [-0.25, -0.2) is 0 Å². The van der Waals surface area contributed by atoms with Gasteiger partial charge in [-0.05, 0) is 38.0 Å². The van der Waals surface area contributed by atoms with Crippen molar-refractivity contribution in [3.8, 4) is 0 Å². The van der Waals surface area contributed by atoms with Crippen LogP contribution >= 0.6 is 15.9 Å². The van der Waals surface area contributed by atoms with E-state index in [1.807, 2.05) is 39.0 Å². The molecule has 1 atom stereocenters. The van der Waals surface area contributed by atoms with Crippen LogP contribution in [0.1, 0.15) is 25.8 Å². The molecule has 0 amide bonds. The van der Waals surface area contributed by atoms with Crippen molar-refractivity contribution in [2.75, 3.05) is 11.9 Å². The largest absolute Gasteiger partial charge is 0.388 e. The van der Waals surface area contributed by atoms with Crippen LogP contribution in [0.5, 0.6) is 0 Å². The summed E-state index contributed by atoms with van der Waals surface area (Å²) in [6.45, 7) is 6.44. The van der Waals surface area contributed by atoms with Crippen LogP contribution in [-0.4, -0.2) is 17.3 Å². The van der Waals surface area contributed by atoms with Crippen molar-refractivity contribution in [2.24, 2.45) is 0 Å². The Labute approximate surface area is 99.8 Å². The maximum atomic E-state index is 9.87. The first-order chi connectivity index (χ1) is 6.96. The minimum absolute atomic E-state index is 0.570. The van der Waals surface area contributed by atoms with Gasteiger partial charge in [-0.1, -0.05) is 28.9 Å². The number of hydrogen-bond donors (Lipinski definition) is 2. The van der Waals surface area contributed by atoms with E-state index >= 15 is 0 Å². The Hall–Kier alpha value is -0.540. The van der Waals surface area contributed by atoms with E-state index in [0.29, 0.717) is 6.54 Å². The fraction of sp³-hybridized carbons (Fsp3) is 0.500. The monoisotopic (exact) mass is 271 g/mol. The van der Waals surface area contributed by atoms with E-state index in [2.05, 4.69) is 21.2 Å². The standard InChI is InChI=1S/C12H18BrNO/c1-4-12(3,15)8-14-11-7-5-6-10(13)9(11)2/h5-7,14-15H,4,8H2,1-3H3. The van der Waals surface area contributed by atoms with Gasteiger partial charge in [0.15, 0.2) is 0 Å². The van der Waals surface area contributed by atoms with Crippen molar-refractivity contribution in [3.05, 3.63) is 28.2 Å². The molecule has 1 unspecified atom stereocenters. The molecule has 0 aliphatic heterocycles. The third-order valence-electron chi connectivity index (χ3n) is 2.69. The summed E-state index contributed by atoms with van der Waals surface area (Å²) in [7, 11) is 0. The van der Waals surface area contributed by atoms with Crippen LogP contribution in [0.15, 0.2) is 22.7 Å². The maximum Gasteiger partial charge on any atom is 0.0788 e. The Morgan fingerprint density at radius 2 is 2.13 bits per heavy atom. The molecular formula is C12H18BrNO. The number of aliphatic hydroxyl groups is 1. The minimum atomic E-state index is -0.644. The van der Waals surface area contributed by atoms with Gasteiger partial charge in [0.2, 0.25) is 0 Å². The predicted molar refractivity (Wildman–Crippen MR) is 68.3 cm³/mol. The van der Waals surface area contributed by atoms with Gasteiger partial charge in [0.25, 0.3) is 0 Å². The highest BCUT2D eigenvalue weighted by Crippen LogP contribution is 2.24. The van der Waals surface area contributed by atoms with E-state index in [1.54, 1.807) is 0 Å². The van der Waals surface area contributed by atoms with E-state index in [-0.39, 0.29) is 0 Å². The second-order valence-corrected chi connectivity index (χ2v) is 4.97. The topological polar surface area (TPSA) is 32.3 Å². The van der Waals surface area contributed by atoms with E-state index < -0.39 is 5.60 Å². The normalized spacial score (nSPS) is 14.7. The highest BCUT2D eigenvalue weighted by molar-refractivity contribution is 9.10. The van der Waals surface area contributed by atoms with Gasteiger partial charge < -0.3 is 10.4 Å². The van der Waals surface area contributed by atoms with Crippen molar-refractivity contribution in [2.45, 2.75) is 32.8 Å². The number of anilines is 1. The second-order valence-electron chi connectivity index (χ2n) is 4.12. The lowest BCUT2D eigenvalue weighted by Crippen LogP contribution is -2.32. The number of nitrogens with one attached hydrogen (secondary N) is 1. The fourth-order valence-electron chi connectivity index (χ4n) is 1.21. The van der Waals surface area contributed by atoms with Gasteiger partial charge in [-0.3, -0.25) is 0 Å². The minimum Gasteiger partial charge on any atom is -0.388 e. The quantitative estimate of drug-likeness (QED) is 0.881. The summed E-state index contributed by atoms with van der Waals surface area (Å²) in [5.74, 6) is 0. The SMILES string of the molecule is CCC(C)(O)CNc1cccc(Br)c1C. The highest BCUT2D eigenvalue weighted by atomic mass is 79.9. The van der Waals surface area contributed by atoms with Crippen LogP contribution in [0.2, 0.25) is 0 Å². The Balaban J connectivity index is 2.70. The molecule has 0 fully saturated rings. The fourth-order valence-corrected chi connectivity index (χ4v) is 1.58. The molecular weight excluding hydrogens is 254 g/mol. The molecule has 0 bridgehead atoms. The van der Waals surface area contributed by atoms with Crippen molar-refractivity contribution in [1.82, 2.24) is 0 Å². The molecule has 15 heavy (non-hydrogen) atoms. The van der Waals surface area contributed by atoms with Crippen molar-refractivity contribution in [3.63, 3.8) is 0 Å². The zero-order valence-electron chi connectivity index (χ0n) is 9.47. The molecule has 2 N–H and O–H groups in total. The predicted octanol–water partition coefficient (Wildman–Crippen LogP) is 3.33. The molecule has 0 aromatic heterocycles. The molecule has 84 valence electrons. The Bertz CT molecular complexity index is 336. The van der Waals surface area contributed by atoms with Crippen molar-refractivity contribution in [1.29, 1.82) is 0 Å². The molecule has 3 heteroatoms. The lowest BCUT2D eigenvalue weighted by Gasteiger charge is -2.23. The Kier molecular flexibility index (Phi) is 4.17. The Morgan fingerprint density at radius 1 is 1.47 bits per heavy atom. The molecule has 0 radical (unpaired) electrons. The molecule has 2 nitrogen and oxygen atoms in total. The number of benzene rings is 1. The van der Waals surface area contributed by atoms with Crippen LogP contribution in [0, 0.1) is 6.92 Å². The molecule has 0 spiro atoms. The summed E-state index contributed by atoms with van der Waals surface area (Å²) in [5.41, 5.74) is 1.59. The van der Waals surface area contributed by atoms with Crippen LogP contribution in [0.3, 0.4) is 0 Å². The average Bonchev–Trinajstić information content (AvgIpc) is 2.20. The first-order valence-corrected chi connectivity index (χ1v) is 5.97. The van der Waals surface area contributed by atoms with Crippen LogP contribution in [0.4, 0.5) is 5.69 Å². The van der Waals surface area contributed by atoms with Gasteiger partial charge >= 0.3 is 0 Å². The summed E-state index contributed by atoms with van der Waals surface area (Å²) in [5, 5.41) is 13.1. The van der Waals surface area contributed by atoms with Gasteiger partial charge in [0, 0.05) is 16.7 Å². The summed E-state index contributed by atoms with van der Waals surface area (Å²) in [6, 6.07) is 6.02. The Morgan fingerprint density at radius 3 is 2.73 bits per heavy atom. The van der Waals surface area contributed by atoms with E-state index in [1.165, 1.54) is 5.56 Å². The molecule has 0 heterocycles. The lowest BCUT2D eigenvalue weighted by atomic mass is 10.0. The van der Waals surface area contributed by atoms with Gasteiger partial charge in [-0.15, -0.1) is 0 Å². The van der Waals surface area contributed by atoms with Crippen LogP contribution in [0.25, 0.3) is 0 Å². The number of hydrogen-bond acceptors (Lipinski definition) is 2. The molecule has 0 aliphatic rings. The third-order valence-corrected chi connectivity index (χ3v) is 3.55. The lowest BCUT2D eigenvalue weighted by molar-refractivity contribution is 0.0697. The molecule has 1 rings (SSSR count). The summed E-state index contributed by atoms with van der Waals surface area (Å²) < 4.78 is 1.09. The van der Waals surface area contributed by atoms with Gasteiger partial charge in [-0.2, -0.15) is 0 Å². The van der Waals surface area contributed by atoms with Gasteiger partial charge in [0.1, 0.15) is 0 Å². The first kappa shape index (κ1) is 12.5. The zero-order chi connectivity index (χ0) is 11.5. The van der Waals surface area contributed by atoms with E-state index in [0.717, 1.165) is 16.6 Å².